The molecule has 0 saturated heterocycles. The fourth-order valence-electron chi connectivity index (χ4n) is 0.359. The molecule has 9 heavy (non-hydrogen) atoms. The van der Waals surface area contributed by atoms with E-state index in [1.165, 1.54) is 6.20 Å². The summed E-state index contributed by atoms with van der Waals surface area (Å²) < 4.78 is 17.7. The first-order valence-electron chi connectivity index (χ1n) is 2.06. The van der Waals surface area contributed by atoms with Gasteiger partial charge in [-0.3, -0.25) is 9.11 Å². The van der Waals surface area contributed by atoms with Crippen molar-refractivity contribution >= 4 is 22.1 Å². The Balaban J connectivity index is 2.90. The minimum absolute atomic E-state index is 0.183. The molecule has 0 fully saturated rings. The SMILES string of the molecule is NS(O)(O)c1nccs1. The van der Waals surface area contributed by atoms with Crippen molar-refractivity contribution in [1.29, 1.82) is 0 Å². The van der Waals surface area contributed by atoms with Crippen molar-refractivity contribution < 1.29 is 9.11 Å². The molecule has 0 amide bonds. The highest BCUT2D eigenvalue weighted by molar-refractivity contribution is 8.23. The minimum atomic E-state index is -3.05. The molecule has 1 heterocycles. The number of nitrogens with zero attached hydrogens (tertiary/aromatic N) is 1. The third kappa shape index (κ3) is 1.63. The molecular weight excluding hydrogens is 160 g/mol. The normalized spacial score (nSPS) is 13.7. The smallest absolute Gasteiger partial charge is 0.218 e. The van der Waals surface area contributed by atoms with Crippen molar-refractivity contribution in [2.75, 3.05) is 0 Å². The van der Waals surface area contributed by atoms with Crippen molar-refractivity contribution in [2.45, 2.75) is 4.34 Å². The van der Waals surface area contributed by atoms with Gasteiger partial charge in [-0.15, -0.1) is 11.3 Å². The molecule has 0 bridgehead atoms. The van der Waals surface area contributed by atoms with Gasteiger partial charge in [0.15, 0.2) is 0 Å². The van der Waals surface area contributed by atoms with Crippen LogP contribution >= 0.6 is 22.1 Å². The van der Waals surface area contributed by atoms with E-state index in [2.05, 4.69) is 4.98 Å². The van der Waals surface area contributed by atoms with Crippen LogP contribution in [0.4, 0.5) is 0 Å². The van der Waals surface area contributed by atoms with Crippen molar-refractivity contribution in [3.63, 3.8) is 0 Å². The molecule has 1 rings (SSSR count). The third-order valence-electron chi connectivity index (χ3n) is 0.667. The number of hydrogen-bond acceptors (Lipinski definition) is 5. The number of aromatic nitrogens is 1. The van der Waals surface area contributed by atoms with Crippen molar-refractivity contribution in [2.24, 2.45) is 5.14 Å². The summed E-state index contributed by atoms with van der Waals surface area (Å²) >= 11 is 1.13. The zero-order valence-electron chi connectivity index (χ0n) is 4.39. The molecule has 0 saturated carbocycles. The zero-order valence-corrected chi connectivity index (χ0v) is 6.02. The second-order valence-electron chi connectivity index (χ2n) is 1.39. The Morgan fingerprint density at radius 2 is 2.33 bits per heavy atom. The van der Waals surface area contributed by atoms with Crippen LogP contribution in [0.5, 0.6) is 0 Å². The molecule has 0 atom stereocenters. The van der Waals surface area contributed by atoms with Crippen LogP contribution in [0.1, 0.15) is 0 Å². The van der Waals surface area contributed by atoms with Gasteiger partial charge in [0.2, 0.25) is 4.34 Å². The second kappa shape index (κ2) is 2.24. The first-order valence-corrected chi connectivity index (χ1v) is 4.55. The Bertz CT molecular complexity index is 180. The van der Waals surface area contributed by atoms with Gasteiger partial charge in [-0.05, 0) is 0 Å². The van der Waals surface area contributed by atoms with Gasteiger partial charge < -0.3 is 0 Å². The number of rotatable bonds is 1. The Morgan fingerprint density at radius 3 is 2.56 bits per heavy atom. The first kappa shape index (κ1) is 6.97. The molecule has 0 aliphatic rings. The Hall–Kier alpha value is -0.140. The summed E-state index contributed by atoms with van der Waals surface area (Å²) in [6.07, 6.45) is 1.47. The van der Waals surface area contributed by atoms with E-state index in [-0.39, 0.29) is 4.34 Å². The second-order valence-corrected chi connectivity index (χ2v) is 4.12. The summed E-state index contributed by atoms with van der Waals surface area (Å²) in [5, 5.41) is 6.58. The van der Waals surface area contributed by atoms with E-state index in [4.69, 9.17) is 14.2 Å². The lowest BCUT2D eigenvalue weighted by atomic mass is 11.0. The third-order valence-corrected chi connectivity index (χ3v) is 2.88. The summed E-state index contributed by atoms with van der Waals surface area (Å²) in [6.45, 7) is 0. The quantitative estimate of drug-likeness (QED) is 0.584. The lowest BCUT2D eigenvalue weighted by Crippen LogP contribution is -2.07. The highest BCUT2D eigenvalue weighted by Gasteiger charge is 2.10. The van der Waals surface area contributed by atoms with Crippen molar-refractivity contribution in [3.8, 4) is 0 Å². The fourth-order valence-corrected chi connectivity index (χ4v) is 1.67. The topological polar surface area (TPSA) is 79.4 Å². The number of nitrogens with two attached hydrogens (primary N) is 1. The molecule has 52 valence electrons. The summed E-state index contributed by atoms with van der Waals surface area (Å²) in [5.74, 6) is 0. The van der Waals surface area contributed by atoms with Gasteiger partial charge in [-0.1, -0.05) is 10.8 Å². The van der Waals surface area contributed by atoms with Gasteiger partial charge in [0, 0.05) is 11.6 Å². The molecule has 0 aromatic carbocycles. The summed E-state index contributed by atoms with van der Waals surface area (Å²) in [5.41, 5.74) is 0. The van der Waals surface area contributed by atoms with E-state index in [0.717, 1.165) is 11.3 Å². The average Bonchev–Trinajstić information content (AvgIpc) is 2.08. The summed E-state index contributed by atoms with van der Waals surface area (Å²) in [4.78, 5) is 3.62. The summed E-state index contributed by atoms with van der Waals surface area (Å²) in [7, 11) is -3.05. The monoisotopic (exact) mass is 166 g/mol. The maximum absolute atomic E-state index is 8.74. The molecule has 4 N–H and O–H groups in total. The van der Waals surface area contributed by atoms with Crippen LogP contribution in [0.2, 0.25) is 0 Å². The van der Waals surface area contributed by atoms with E-state index in [1.54, 1.807) is 5.38 Å². The van der Waals surface area contributed by atoms with E-state index >= 15 is 0 Å². The standard InChI is InChI=1S/C3H6N2O2S2/c4-9(6,7)3-5-1-2-8-3/h1-2,6-7H,4H2. The predicted molar refractivity (Wildman–Crippen MR) is 37.4 cm³/mol. The molecule has 1 aromatic rings. The largest absolute Gasteiger partial charge is 0.280 e. The molecule has 1 aromatic heterocycles. The lowest BCUT2D eigenvalue weighted by molar-refractivity contribution is 0.488. The van der Waals surface area contributed by atoms with Gasteiger partial charge in [-0.25, -0.2) is 10.1 Å². The molecule has 0 aliphatic heterocycles. The first-order chi connectivity index (χ1) is 4.11. The van der Waals surface area contributed by atoms with Crippen LogP contribution in [0.3, 0.4) is 0 Å². The maximum Gasteiger partial charge on any atom is 0.218 e. The predicted octanol–water partition coefficient (Wildman–Crippen LogP) is 1.13. The van der Waals surface area contributed by atoms with Crippen LogP contribution in [-0.2, 0) is 0 Å². The van der Waals surface area contributed by atoms with Crippen LogP contribution < -0.4 is 5.14 Å². The molecule has 6 heteroatoms. The van der Waals surface area contributed by atoms with Crippen LogP contribution in [0.25, 0.3) is 0 Å². The van der Waals surface area contributed by atoms with Crippen LogP contribution in [-0.4, -0.2) is 14.1 Å². The molecule has 0 aliphatic carbocycles. The van der Waals surface area contributed by atoms with Gasteiger partial charge in [0.05, 0.1) is 0 Å². The molecule has 0 radical (unpaired) electrons. The zero-order chi connectivity index (χ0) is 6.91. The minimum Gasteiger partial charge on any atom is -0.280 e. The van der Waals surface area contributed by atoms with E-state index < -0.39 is 10.8 Å². The van der Waals surface area contributed by atoms with Crippen molar-refractivity contribution in [3.05, 3.63) is 11.6 Å². The fraction of sp³-hybridized carbons (Fsp3) is 0. The number of hydrogen-bond donors (Lipinski definition) is 3. The van der Waals surface area contributed by atoms with Crippen LogP contribution in [0, 0.1) is 0 Å². The van der Waals surface area contributed by atoms with E-state index in [9.17, 15) is 0 Å². The van der Waals surface area contributed by atoms with Gasteiger partial charge in [0.25, 0.3) is 0 Å². The van der Waals surface area contributed by atoms with Crippen LogP contribution in [0.15, 0.2) is 15.9 Å². The van der Waals surface area contributed by atoms with Crippen molar-refractivity contribution in [1.82, 2.24) is 4.98 Å². The Morgan fingerprint density at radius 1 is 1.67 bits per heavy atom. The summed E-state index contributed by atoms with van der Waals surface area (Å²) in [6, 6.07) is 0. The van der Waals surface area contributed by atoms with Gasteiger partial charge in [-0.2, -0.15) is 0 Å². The van der Waals surface area contributed by atoms with Gasteiger partial charge >= 0.3 is 0 Å². The molecule has 0 spiro atoms. The average molecular weight is 166 g/mol. The highest BCUT2D eigenvalue weighted by atomic mass is 32.3. The Labute approximate surface area is 57.8 Å². The van der Waals surface area contributed by atoms with Gasteiger partial charge in [0.1, 0.15) is 0 Å². The molecule has 4 nitrogen and oxygen atoms in total. The van der Waals surface area contributed by atoms with E-state index in [0.29, 0.717) is 0 Å². The molecule has 0 unspecified atom stereocenters. The highest BCUT2D eigenvalue weighted by Crippen LogP contribution is 2.40. The molecular formula is C3H6N2O2S2. The van der Waals surface area contributed by atoms with E-state index in [1.807, 2.05) is 0 Å². The lowest BCUT2D eigenvalue weighted by Gasteiger charge is -2.21. The maximum atomic E-state index is 8.74. The number of thiazole rings is 1. The Kier molecular flexibility index (Phi) is 1.73.